The summed E-state index contributed by atoms with van der Waals surface area (Å²) in [5.41, 5.74) is 1.17. The molecular formula is C11H11BrN4O2. The van der Waals surface area contributed by atoms with Crippen LogP contribution >= 0.6 is 15.9 Å². The van der Waals surface area contributed by atoms with Crippen LogP contribution in [-0.4, -0.2) is 20.9 Å². The molecule has 18 heavy (non-hydrogen) atoms. The molecule has 0 bridgehead atoms. The Labute approximate surface area is 111 Å². The molecule has 6 nitrogen and oxygen atoms in total. The van der Waals surface area contributed by atoms with Gasteiger partial charge in [0.2, 0.25) is 11.4 Å². The number of H-pyrrole nitrogens is 2. The van der Waals surface area contributed by atoms with Crippen LogP contribution in [0.1, 0.15) is 21.7 Å². The third-order valence-electron chi connectivity index (χ3n) is 2.39. The van der Waals surface area contributed by atoms with Gasteiger partial charge in [0.05, 0.1) is 4.47 Å². The fourth-order valence-electron chi connectivity index (χ4n) is 1.42. The third-order valence-corrected chi connectivity index (χ3v) is 3.34. The molecule has 2 aromatic heterocycles. The third kappa shape index (κ3) is 2.35. The second kappa shape index (κ2) is 4.77. The van der Waals surface area contributed by atoms with Crippen LogP contribution in [0.2, 0.25) is 0 Å². The highest BCUT2D eigenvalue weighted by Gasteiger charge is 2.14. The minimum absolute atomic E-state index is 0.0292. The Kier molecular flexibility index (Phi) is 3.33. The molecule has 3 N–H and O–H groups in total. The van der Waals surface area contributed by atoms with Crippen molar-refractivity contribution in [3.63, 3.8) is 0 Å². The number of amides is 1. The highest BCUT2D eigenvalue weighted by atomic mass is 79.9. The maximum absolute atomic E-state index is 11.9. The zero-order chi connectivity index (χ0) is 13.3. The van der Waals surface area contributed by atoms with E-state index in [2.05, 4.69) is 36.2 Å². The molecule has 2 aromatic rings. The topological polar surface area (TPSA) is 90.6 Å². The van der Waals surface area contributed by atoms with Crippen LogP contribution in [0, 0.1) is 13.8 Å². The van der Waals surface area contributed by atoms with E-state index in [9.17, 15) is 9.59 Å². The smallest absolute Gasteiger partial charge is 0.263 e. The Morgan fingerprint density at radius 3 is 2.78 bits per heavy atom. The number of rotatable bonds is 2. The molecule has 0 aliphatic carbocycles. The molecule has 7 heteroatoms. The van der Waals surface area contributed by atoms with E-state index < -0.39 is 5.91 Å². The molecule has 2 heterocycles. The number of aromatic amines is 2. The molecule has 0 aliphatic rings. The van der Waals surface area contributed by atoms with Gasteiger partial charge in [-0.25, -0.2) is 4.98 Å². The zero-order valence-corrected chi connectivity index (χ0v) is 11.4. The van der Waals surface area contributed by atoms with Gasteiger partial charge in [-0.3, -0.25) is 14.9 Å². The summed E-state index contributed by atoms with van der Waals surface area (Å²) in [4.78, 5) is 33.4. The first-order valence-corrected chi connectivity index (χ1v) is 5.99. The largest absolute Gasteiger partial charge is 0.363 e. The minimum Gasteiger partial charge on any atom is -0.363 e. The van der Waals surface area contributed by atoms with E-state index in [0.29, 0.717) is 16.1 Å². The number of anilines is 1. The lowest BCUT2D eigenvalue weighted by atomic mass is 10.2. The molecule has 0 radical (unpaired) electrons. The molecule has 0 atom stereocenters. The van der Waals surface area contributed by atoms with E-state index in [1.165, 1.54) is 6.20 Å². The number of carbonyl (C=O) groups is 1. The average molecular weight is 311 g/mol. The Morgan fingerprint density at radius 1 is 1.44 bits per heavy atom. The maximum atomic E-state index is 11.9. The molecule has 94 valence electrons. The predicted molar refractivity (Wildman–Crippen MR) is 70.8 cm³/mol. The first kappa shape index (κ1) is 12.6. The first-order chi connectivity index (χ1) is 8.49. The van der Waals surface area contributed by atoms with Gasteiger partial charge in [0, 0.05) is 23.8 Å². The maximum Gasteiger partial charge on any atom is 0.263 e. The number of aromatic nitrogens is 3. The highest BCUT2D eigenvalue weighted by Crippen LogP contribution is 2.09. The quantitative estimate of drug-likeness (QED) is 0.789. The van der Waals surface area contributed by atoms with Gasteiger partial charge in [-0.2, -0.15) is 0 Å². The molecule has 0 unspecified atom stereocenters. The van der Waals surface area contributed by atoms with Crippen molar-refractivity contribution >= 4 is 27.8 Å². The molecule has 0 saturated carbocycles. The molecule has 0 fully saturated rings. The molecule has 0 saturated heterocycles. The number of imidazole rings is 1. The second-order valence-electron chi connectivity index (χ2n) is 3.84. The Hall–Kier alpha value is -1.89. The van der Waals surface area contributed by atoms with Gasteiger partial charge in [-0.1, -0.05) is 0 Å². The summed E-state index contributed by atoms with van der Waals surface area (Å²) < 4.78 is 0.353. The van der Waals surface area contributed by atoms with Crippen molar-refractivity contribution in [3.8, 4) is 0 Å². The van der Waals surface area contributed by atoms with Crippen molar-refractivity contribution in [1.29, 1.82) is 0 Å². The van der Waals surface area contributed by atoms with Gasteiger partial charge in [0.25, 0.3) is 5.91 Å². The summed E-state index contributed by atoms with van der Waals surface area (Å²) in [6, 6.07) is 0. The van der Waals surface area contributed by atoms with Crippen LogP contribution in [0.3, 0.4) is 0 Å². The number of aryl methyl sites for hydroxylation is 2. The van der Waals surface area contributed by atoms with Crippen molar-refractivity contribution in [2.24, 2.45) is 0 Å². The fraction of sp³-hybridized carbons (Fsp3) is 0.182. The Morgan fingerprint density at radius 2 is 2.17 bits per heavy atom. The molecule has 2 rings (SSSR count). The van der Waals surface area contributed by atoms with E-state index in [-0.39, 0.29) is 11.0 Å². The van der Waals surface area contributed by atoms with Crippen LogP contribution < -0.4 is 10.7 Å². The number of nitrogens with one attached hydrogen (secondary N) is 3. The fourth-order valence-corrected chi connectivity index (χ4v) is 1.75. The van der Waals surface area contributed by atoms with Crippen LogP contribution in [-0.2, 0) is 0 Å². The Balaban J connectivity index is 2.30. The van der Waals surface area contributed by atoms with Crippen LogP contribution in [0.5, 0.6) is 0 Å². The van der Waals surface area contributed by atoms with E-state index in [0.717, 1.165) is 5.69 Å². The van der Waals surface area contributed by atoms with E-state index in [1.807, 2.05) is 6.92 Å². The summed E-state index contributed by atoms with van der Waals surface area (Å²) in [6.07, 6.45) is 2.97. The summed E-state index contributed by atoms with van der Waals surface area (Å²) in [7, 11) is 0. The van der Waals surface area contributed by atoms with Crippen molar-refractivity contribution in [1.82, 2.24) is 15.0 Å². The number of hydrogen-bond donors (Lipinski definition) is 3. The van der Waals surface area contributed by atoms with Crippen molar-refractivity contribution in [2.45, 2.75) is 13.8 Å². The average Bonchev–Trinajstić information content (AvgIpc) is 2.71. The van der Waals surface area contributed by atoms with Gasteiger partial charge in [-0.05, 0) is 29.8 Å². The van der Waals surface area contributed by atoms with Crippen molar-refractivity contribution in [2.75, 3.05) is 5.32 Å². The van der Waals surface area contributed by atoms with Crippen molar-refractivity contribution < 1.29 is 4.79 Å². The summed E-state index contributed by atoms with van der Waals surface area (Å²) in [5, 5.41) is 2.52. The number of carbonyl (C=O) groups excluding carboxylic acids is 1. The van der Waals surface area contributed by atoms with Gasteiger partial charge < -0.3 is 9.97 Å². The summed E-state index contributed by atoms with van der Waals surface area (Å²) >= 11 is 3.14. The lowest BCUT2D eigenvalue weighted by Crippen LogP contribution is -2.23. The normalized spacial score (nSPS) is 10.4. The summed E-state index contributed by atoms with van der Waals surface area (Å²) in [5.74, 6) is -0.195. The number of halogens is 1. The van der Waals surface area contributed by atoms with Gasteiger partial charge in [0.1, 0.15) is 5.56 Å². The lowest BCUT2D eigenvalue weighted by Gasteiger charge is -2.03. The van der Waals surface area contributed by atoms with Crippen LogP contribution in [0.25, 0.3) is 0 Å². The van der Waals surface area contributed by atoms with Crippen LogP contribution in [0.15, 0.2) is 21.7 Å². The SMILES string of the molecule is Cc1cnc(NC(=O)c2c[nH]c(C)c(Br)c2=O)[nH]1. The van der Waals surface area contributed by atoms with Crippen LogP contribution in [0.4, 0.5) is 5.95 Å². The lowest BCUT2D eigenvalue weighted by molar-refractivity contribution is 0.102. The van der Waals surface area contributed by atoms with E-state index in [4.69, 9.17) is 0 Å². The second-order valence-corrected chi connectivity index (χ2v) is 4.63. The molecule has 0 aromatic carbocycles. The minimum atomic E-state index is -0.508. The number of hydrogen-bond acceptors (Lipinski definition) is 3. The van der Waals surface area contributed by atoms with E-state index >= 15 is 0 Å². The molecule has 0 aliphatic heterocycles. The monoisotopic (exact) mass is 310 g/mol. The first-order valence-electron chi connectivity index (χ1n) is 5.20. The van der Waals surface area contributed by atoms with Gasteiger partial charge in [0.15, 0.2) is 0 Å². The molecule has 0 spiro atoms. The molecule has 1 amide bonds. The molecular weight excluding hydrogens is 300 g/mol. The summed E-state index contributed by atoms with van der Waals surface area (Å²) in [6.45, 7) is 3.56. The predicted octanol–water partition coefficient (Wildman–Crippen LogP) is 1.73. The van der Waals surface area contributed by atoms with Crippen molar-refractivity contribution in [3.05, 3.63) is 44.0 Å². The van der Waals surface area contributed by atoms with Gasteiger partial charge >= 0.3 is 0 Å². The number of nitrogens with zero attached hydrogens (tertiary/aromatic N) is 1. The standard InChI is InChI=1S/C11H11BrN4O2/c1-5-3-14-11(15-5)16-10(18)7-4-13-6(2)8(12)9(7)17/h3-4H,1-2H3,(H,13,17)(H2,14,15,16,18). The van der Waals surface area contributed by atoms with Gasteiger partial charge in [-0.15, -0.1) is 0 Å². The Bertz CT molecular complexity index is 659. The number of pyridine rings is 1. The zero-order valence-electron chi connectivity index (χ0n) is 9.80. The van der Waals surface area contributed by atoms with E-state index in [1.54, 1.807) is 13.1 Å². The highest BCUT2D eigenvalue weighted by molar-refractivity contribution is 9.10.